The van der Waals surface area contributed by atoms with Gasteiger partial charge in [0.15, 0.2) is 0 Å². The highest BCUT2D eigenvalue weighted by atomic mass is 16.2. The summed E-state index contributed by atoms with van der Waals surface area (Å²) in [5.74, 6) is 1.19. The molecule has 2 rings (SSSR count). The molecule has 1 aliphatic carbocycles. The highest BCUT2D eigenvalue weighted by Gasteiger charge is 2.36. The molecule has 1 saturated carbocycles. The second-order valence-corrected chi connectivity index (χ2v) is 6.46. The third-order valence-electron chi connectivity index (χ3n) is 4.44. The van der Waals surface area contributed by atoms with E-state index in [1.54, 1.807) is 0 Å². The van der Waals surface area contributed by atoms with Crippen LogP contribution in [0.15, 0.2) is 0 Å². The molecule has 18 heavy (non-hydrogen) atoms. The van der Waals surface area contributed by atoms with E-state index in [1.165, 1.54) is 32.1 Å². The van der Waals surface area contributed by atoms with Gasteiger partial charge >= 0.3 is 0 Å². The van der Waals surface area contributed by atoms with E-state index < -0.39 is 0 Å². The summed E-state index contributed by atoms with van der Waals surface area (Å²) in [6.07, 6.45) is 7.33. The molecule has 3 unspecified atom stereocenters. The minimum Gasteiger partial charge on any atom is -0.338 e. The molecule has 2 aliphatic rings. The second-order valence-electron chi connectivity index (χ2n) is 6.46. The van der Waals surface area contributed by atoms with E-state index in [2.05, 4.69) is 31.0 Å². The zero-order valence-corrected chi connectivity index (χ0v) is 12.1. The summed E-state index contributed by atoms with van der Waals surface area (Å²) in [6.45, 7) is 7.53. The van der Waals surface area contributed by atoms with Crippen molar-refractivity contribution in [2.45, 2.75) is 77.4 Å². The van der Waals surface area contributed by atoms with E-state index in [4.69, 9.17) is 0 Å². The number of likely N-dealkylation sites (tertiary alicyclic amines) is 1. The first-order valence-electron chi connectivity index (χ1n) is 7.64. The fraction of sp³-hybridized carbons (Fsp3) is 0.933. The van der Waals surface area contributed by atoms with Gasteiger partial charge in [-0.15, -0.1) is 0 Å². The summed E-state index contributed by atoms with van der Waals surface area (Å²) in [6, 6.07) is 0.986. The molecule has 1 N–H and O–H groups in total. The van der Waals surface area contributed by atoms with Crippen molar-refractivity contribution in [3.8, 4) is 0 Å². The molecule has 3 atom stereocenters. The lowest BCUT2D eigenvalue weighted by atomic mass is 10.0. The number of carbonyl (C=O) groups excluding carboxylic acids is 1. The molecular weight excluding hydrogens is 224 g/mol. The molecular formula is C15H28N2O. The van der Waals surface area contributed by atoms with Crippen molar-refractivity contribution >= 4 is 5.91 Å². The summed E-state index contributed by atoms with van der Waals surface area (Å²) in [5.41, 5.74) is 0. The van der Waals surface area contributed by atoms with Crippen LogP contribution in [0, 0.1) is 5.92 Å². The van der Waals surface area contributed by atoms with Gasteiger partial charge in [-0.25, -0.2) is 0 Å². The maximum Gasteiger partial charge on any atom is 0.240 e. The maximum absolute atomic E-state index is 12.4. The standard InChI is InChI=1S/C15H28N2O/c1-11(2)16-14-9-10-17(15(14)18)13-6-4-5-12(3)7-8-13/h11-14,16H,4-10H2,1-3H3. The Hall–Kier alpha value is -0.570. The van der Waals surface area contributed by atoms with Crippen molar-refractivity contribution < 1.29 is 4.79 Å². The van der Waals surface area contributed by atoms with E-state index in [1.807, 2.05) is 0 Å². The first-order chi connectivity index (χ1) is 8.58. The smallest absolute Gasteiger partial charge is 0.240 e. The van der Waals surface area contributed by atoms with E-state index >= 15 is 0 Å². The Bertz CT molecular complexity index is 290. The van der Waals surface area contributed by atoms with Crippen LogP contribution >= 0.6 is 0 Å². The third-order valence-corrected chi connectivity index (χ3v) is 4.44. The number of rotatable bonds is 3. The average molecular weight is 252 g/mol. The molecule has 3 heteroatoms. The van der Waals surface area contributed by atoms with Gasteiger partial charge in [-0.1, -0.05) is 33.6 Å². The summed E-state index contributed by atoms with van der Waals surface area (Å²) in [4.78, 5) is 14.6. The van der Waals surface area contributed by atoms with Crippen LogP contribution in [-0.2, 0) is 4.79 Å². The fourth-order valence-electron chi connectivity index (χ4n) is 3.40. The lowest BCUT2D eigenvalue weighted by molar-refractivity contribution is -0.131. The predicted octanol–water partition coefficient (Wildman–Crippen LogP) is 2.55. The lowest BCUT2D eigenvalue weighted by Crippen LogP contribution is -2.44. The number of hydrogen-bond donors (Lipinski definition) is 1. The average Bonchev–Trinajstić information content (AvgIpc) is 2.53. The highest BCUT2D eigenvalue weighted by Crippen LogP contribution is 2.28. The van der Waals surface area contributed by atoms with Crippen LogP contribution in [0.2, 0.25) is 0 Å². The Morgan fingerprint density at radius 1 is 1.17 bits per heavy atom. The van der Waals surface area contributed by atoms with Crippen molar-refractivity contribution in [1.29, 1.82) is 0 Å². The molecule has 104 valence electrons. The molecule has 0 aromatic carbocycles. The molecule has 0 spiro atoms. The van der Waals surface area contributed by atoms with Crippen molar-refractivity contribution in [3.05, 3.63) is 0 Å². The summed E-state index contributed by atoms with van der Waals surface area (Å²) in [7, 11) is 0. The third kappa shape index (κ3) is 3.25. The van der Waals surface area contributed by atoms with Crippen molar-refractivity contribution in [1.82, 2.24) is 10.2 Å². The van der Waals surface area contributed by atoms with E-state index in [9.17, 15) is 4.79 Å². The largest absolute Gasteiger partial charge is 0.338 e. The predicted molar refractivity (Wildman–Crippen MR) is 74.4 cm³/mol. The lowest BCUT2D eigenvalue weighted by Gasteiger charge is -2.27. The topological polar surface area (TPSA) is 32.3 Å². The number of hydrogen-bond acceptors (Lipinski definition) is 2. The summed E-state index contributed by atoms with van der Waals surface area (Å²) in [5, 5.41) is 3.39. The molecule has 0 aromatic heterocycles. The monoisotopic (exact) mass is 252 g/mol. The zero-order chi connectivity index (χ0) is 13.1. The second kappa shape index (κ2) is 6.05. The van der Waals surface area contributed by atoms with Gasteiger partial charge < -0.3 is 10.2 Å². The van der Waals surface area contributed by atoms with Gasteiger partial charge in [0.05, 0.1) is 6.04 Å². The van der Waals surface area contributed by atoms with Crippen LogP contribution in [0.3, 0.4) is 0 Å². The van der Waals surface area contributed by atoms with Gasteiger partial charge in [0.25, 0.3) is 0 Å². The van der Waals surface area contributed by atoms with Crippen molar-refractivity contribution in [2.24, 2.45) is 5.92 Å². The summed E-state index contributed by atoms with van der Waals surface area (Å²) < 4.78 is 0. The number of nitrogens with one attached hydrogen (secondary N) is 1. The van der Waals surface area contributed by atoms with Gasteiger partial charge in [0, 0.05) is 18.6 Å². The zero-order valence-electron chi connectivity index (χ0n) is 12.1. The van der Waals surface area contributed by atoms with Gasteiger partial charge in [0.2, 0.25) is 5.91 Å². The number of amides is 1. The molecule has 0 aromatic rings. The molecule has 0 bridgehead atoms. The van der Waals surface area contributed by atoms with E-state index in [-0.39, 0.29) is 6.04 Å². The van der Waals surface area contributed by atoms with Crippen LogP contribution in [-0.4, -0.2) is 35.5 Å². The fourth-order valence-corrected chi connectivity index (χ4v) is 3.40. The van der Waals surface area contributed by atoms with E-state index in [0.717, 1.165) is 18.9 Å². The van der Waals surface area contributed by atoms with Gasteiger partial charge in [-0.05, 0) is 31.6 Å². The van der Waals surface area contributed by atoms with Crippen LogP contribution in [0.25, 0.3) is 0 Å². The Labute approximate surface area is 111 Å². The van der Waals surface area contributed by atoms with Crippen LogP contribution < -0.4 is 5.32 Å². The Morgan fingerprint density at radius 2 is 1.94 bits per heavy atom. The first-order valence-corrected chi connectivity index (χ1v) is 7.64. The van der Waals surface area contributed by atoms with Crippen molar-refractivity contribution in [2.75, 3.05) is 6.54 Å². The quantitative estimate of drug-likeness (QED) is 0.783. The minimum absolute atomic E-state index is 0.0747. The molecule has 1 saturated heterocycles. The van der Waals surface area contributed by atoms with E-state index in [0.29, 0.717) is 18.0 Å². The molecule has 2 fully saturated rings. The Balaban J connectivity index is 1.91. The van der Waals surface area contributed by atoms with Gasteiger partial charge in [0.1, 0.15) is 0 Å². The molecule has 1 heterocycles. The highest BCUT2D eigenvalue weighted by molar-refractivity contribution is 5.84. The molecule has 1 aliphatic heterocycles. The summed E-state index contributed by atoms with van der Waals surface area (Å²) >= 11 is 0. The molecule has 0 radical (unpaired) electrons. The molecule has 1 amide bonds. The maximum atomic E-state index is 12.4. The van der Waals surface area contributed by atoms with Gasteiger partial charge in [-0.2, -0.15) is 0 Å². The van der Waals surface area contributed by atoms with Crippen LogP contribution in [0.1, 0.15) is 59.3 Å². The number of carbonyl (C=O) groups is 1. The van der Waals surface area contributed by atoms with Crippen LogP contribution in [0.4, 0.5) is 0 Å². The Kier molecular flexibility index (Phi) is 4.66. The normalized spacial score (nSPS) is 34.1. The first kappa shape index (κ1) is 13.9. The SMILES string of the molecule is CC1CCCC(N2CCC(NC(C)C)C2=O)CC1. The Morgan fingerprint density at radius 3 is 2.67 bits per heavy atom. The van der Waals surface area contributed by atoms with Crippen LogP contribution in [0.5, 0.6) is 0 Å². The van der Waals surface area contributed by atoms with Crippen molar-refractivity contribution in [3.63, 3.8) is 0 Å². The number of nitrogens with zero attached hydrogens (tertiary/aromatic N) is 1. The molecule has 3 nitrogen and oxygen atoms in total. The minimum atomic E-state index is 0.0747. The van der Waals surface area contributed by atoms with Gasteiger partial charge in [-0.3, -0.25) is 4.79 Å².